The molecule has 0 saturated heterocycles. The molecule has 62 valence electrons. The molecule has 0 aromatic carbocycles. The van der Waals surface area contributed by atoms with Crippen molar-refractivity contribution < 1.29 is 4.79 Å². The number of carbonyl (C=O) groups is 1. The zero-order chi connectivity index (χ0) is 8.27. The van der Waals surface area contributed by atoms with Crippen LogP contribution in [-0.4, -0.2) is 11.5 Å². The highest BCUT2D eigenvalue weighted by atomic mass is 16.1. The molecule has 11 heavy (non-hydrogen) atoms. The molecule has 0 heterocycles. The quantitative estimate of drug-likeness (QED) is 0.649. The first-order chi connectivity index (χ1) is 5.24. The summed E-state index contributed by atoms with van der Waals surface area (Å²) in [7, 11) is 0. The Labute approximate surface area is 67.5 Å². The van der Waals surface area contributed by atoms with E-state index in [0.717, 1.165) is 25.7 Å². The van der Waals surface area contributed by atoms with E-state index in [0.29, 0.717) is 17.9 Å². The second-order valence-corrected chi connectivity index (χ2v) is 3.27. The maximum absolute atomic E-state index is 11.3. The second kappa shape index (κ2) is 3.65. The summed E-state index contributed by atoms with van der Waals surface area (Å²) in [5.41, 5.74) is 0.627. The summed E-state index contributed by atoms with van der Waals surface area (Å²) in [6.45, 7) is 2.10. The van der Waals surface area contributed by atoms with Gasteiger partial charge in [-0.25, -0.2) is 0 Å². The average molecular weight is 153 g/mol. The molecule has 0 amide bonds. The molecule has 1 unspecified atom stereocenters. The molecule has 0 aromatic heterocycles. The first-order valence-corrected chi connectivity index (χ1v) is 4.33. The van der Waals surface area contributed by atoms with Crippen molar-refractivity contribution in [2.75, 3.05) is 0 Å². The van der Waals surface area contributed by atoms with Crippen LogP contribution in [0.3, 0.4) is 0 Å². The van der Waals surface area contributed by atoms with Gasteiger partial charge in [-0.2, -0.15) is 0 Å². The van der Waals surface area contributed by atoms with E-state index in [2.05, 4.69) is 6.92 Å². The Morgan fingerprint density at radius 1 is 1.64 bits per heavy atom. The lowest BCUT2D eigenvalue weighted by Crippen LogP contribution is -2.24. The molecule has 1 fully saturated rings. The molecule has 1 N–H and O–H groups in total. The van der Waals surface area contributed by atoms with E-state index < -0.39 is 0 Å². The maximum atomic E-state index is 11.3. The Bertz CT molecular complexity index is 174. The standard InChI is InChI=1S/C9H15NO/c1-2-3-7-4-5-8(10)6-9(7)11/h7,10H,2-6H2,1H3. The van der Waals surface area contributed by atoms with E-state index >= 15 is 0 Å². The lowest BCUT2D eigenvalue weighted by Gasteiger charge is -2.20. The van der Waals surface area contributed by atoms with E-state index in [9.17, 15) is 4.79 Å². The van der Waals surface area contributed by atoms with Gasteiger partial charge in [0.1, 0.15) is 5.78 Å². The smallest absolute Gasteiger partial charge is 0.141 e. The Hall–Kier alpha value is -0.660. The zero-order valence-corrected chi connectivity index (χ0v) is 7.02. The van der Waals surface area contributed by atoms with Crippen molar-refractivity contribution in [2.24, 2.45) is 5.92 Å². The highest BCUT2D eigenvalue weighted by Gasteiger charge is 2.23. The second-order valence-electron chi connectivity index (χ2n) is 3.27. The Morgan fingerprint density at radius 3 is 2.91 bits per heavy atom. The van der Waals surface area contributed by atoms with Crippen LogP contribution in [0.1, 0.15) is 39.0 Å². The van der Waals surface area contributed by atoms with Gasteiger partial charge < -0.3 is 5.41 Å². The van der Waals surface area contributed by atoms with Gasteiger partial charge in [0.05, 0.1) is 0 Å². The van der Waals surface area contributed by atoms with Crippen LogP contribution in [0.25, 0.3) is 0 Å². The van der Waals surface area contributed by atoms with Crippen molar-refractivity contribution in [1.29, 1.82) is 5.41 Å². The van der Waals surface area contributed by atoms with Gasteiger partial charge in [-0.05, 0) is 19.3 Å². The largest absolute Gasteiger partial charge is 0.309 e. The monoisotopic (exact) mass is 153 g/mol. The molecule has 0 aliphatic heterocycles. The minimum atomic E-state index is 0.272. The van der Waals surface area contributed by atoms with Crippen LogP contribution in [0.2, 0.25) is 0 Å². The maximum Gasteiger partial charge on any atom is 0.141 e. The zero-order valence-electron chi connectivity index (χ0n) is 7.02. The third-order valence-electron chi connectivity index (χ3n) is 2.27. The number of hydrogen-bond donors (Lipinski definition) is 1. The molecule has 0 aromatic rings. The fourth-order valence-electron chi connectivity index (χ4n) is 1.61. The summed E-state index contributed by atoms with van der Waals surface area (Å²) in [6, 6.07) is 0. The summed E-state index contributed by atoms with van der Waals surface area (Å²) in [5.74, 6) is 0.567. The number of Topliss-reactive ketones (excluding diaryl/α,β-unsaturated/α-hetero) is 1. The SMILES string of the molecule is CCCC1CCC(=N)CC1=O. The Balaban J connectivity index is 2.44. The van der Waals surface area contributed by atoms with Gasteiger partial charge in [0.2, 0.25) is 0 Å². The van der Waals surface area contributed by atoms with Gasteiger partial charge in [-0.3, -0.25) is 4.79 Å². The van der Waals surface area contributed by atoms with Gasteiger partial charge in [-0.15, -0.1) is 0 Å². The summed E-state index contributed by atoms with van der Waals surface area (Å²) < 4.78 is 0. The number of nitrogens with one attached hydrogen (secondary N) is 1. The molecule has 2 heteroatoms. The van der Waals surface area contributed by atoms with Gasteiger partial charge in [-0.1, -0.05) is 13.3 Å². The number of carbonyl (C=O) groups excluding carboxylic acids is 1. The number of rotatable bonds is 2. The lowest BCUT2D eigenvalue weighted by molar-refractivity contribution is -0.122. The van der Waals surface area contributed by atoms with Crippen molar-refractivity contribution >= 4 is 11.5 Å². The third kappa shape index (κ3) is 2.14. The summed E-state index contributed by atoms with van der Waals surface area (Å²) in [4.78, 5) is 11.3. The molecule has 2 nitrogen and oxygen atoms in total. The predicted molar refractivity (Wildman–Crippen MR) is 45.0 cm³/mol. The molecule has 1 aliphatic rings. The molecule has 1 rings (SSSR count). The Kier molecular flexibility index (Phi) is 2.80. The van der Waals surface area contributed by atoms with Gasteiger partial charge in [0.25, 0.3) is 0 Å². The minimum absolute atomic E-state index is 0.272. The normalized spacial score (nSPS) is 25.7. The van der Waals surface area contributed by atoms with Crippen LogP contribution in [0.15, 0.2) is 0 Å². The van der Waals surface area contributed by atoms with Crippen LogP contribution in [0.5, 0.6) is 0 Å². The fraction of sp³-hybridized carbons (Fsp3) is 0.778. The minimum Gasteiger partial charge on any atom is -0.309 e. The van der Waals surface area contributed by atoms with Gasteiger partial charge >= 0.3 is 0 Å². The molecule has 1 aliphatic carbocycles. The van der Waals surface area contributed by atoms with E-state index in [1.165, 1.54) is 0 Å². The summed E-state index contributed by atoms with van der Waals surface area (Å²) in [6.07, 6.45) is 4.29. The van der Waals surface area contributed by atoms with Crippen molar-refractivity contribution in [2.45, 2.75) is 39.0 Å². The molecular formula is C9H15NO. The number of hydrogen-bond acceptors (Lipinski definition) is 2. The lowest BCUT2D eigenvalue weighted by atomic mass is 9.84. The van der Waals surface area contributed by atoms with E-state index in [-0.39, 0.29) is 5.92 Å². The van der Waals surface area contributed by atoms with Crippen molar-refractivity contribution in [3.05, 3.63) is 0 Å². The number of ketones is 1. The van der Waals surface area contributed by atoms with E-state index in [4.69, 9.17) is 5.41 Å². The van der Waals surface area contributed by atoms with Crippen LogP contribution in [0, 0.1) is 11.3 Å². The molecule has 0 spiro atoms. The van der Waals surface area contributed by atoms with Crippen LogP contribution < -0.4 is 0 Å². The molecular weight excluding hydrogens is 138 g/mol. The van der Waals surface area contributed by atoms with Crippen molar-refractivity contribution in [1.82, 2.24) is 0 Å². The van der Waals surface area contributed by atoms with Crippen LogP contribution in [0.4, 0.5) is 0 Å². The topological polar surface area (TPSA) is 40.9 Å². The molecule has 1 atom stereocenters. The highest BCUT2D eigenvalue weighted by molar-refractivity contribution is 6.03. The summed E-state index contributed by atoms with van der Waals surface area (Å²) >= 11 is 0. The van der Waals surface area contributed by atoms with Crippen LogP contribution in [-0.2, 0) is 4.79 Å². The van der Waals surface area contributed by atoms with Gasteiger partial charge in [0, 0.05) is 18.1 Å². The van der Waals surface area contributed by atoms with E-state index in [1.54, 1.807) is 0 Å². The first-order valence-electron chi connectivity index (χ1n) is 4.33. The molecule has 0 radical (unpaired) electrons. The Morgan fingerprint density at radius 2 is 2.36 bits per heavy atom. The van der Waals surface area contributed by atoms with Crippen molar-refractivity contribution in [3.8, 4) is 0 Å². The first kappa shape index (κ1) is 8.44. The third-order valence-corrected chi connectivity index (χ3v) is 2.27. The fourth-order valence-corrected chi connectivity index (χ4v) is 1.61. The predicted octanol–water partition coefficient (Wildman–Crippen LogP) is 2.18. The highest BCUT2D eigenvalue weighted by Crippen LogP contribution is 2.22. The van der Waals surface area contributed by atoms with Crippen LogP contribution >= 0.6 is 0 Å². The van der Waals surface area contributed by atoms with E-state index in [1.807, 2.05) is 0 Å². The molecule has 1 saturated carbocycles. The average Bonchev–Trinajstić information content (AvgIpc) is 1.95. The van der Waals surface area contributed by atoms with Crippen molar-refractivity contribution in [3.63, 3.8) is 0 Å². The summed E-state index contributed by atoms with van der Waals surface area (Å²) in [5, 5.41) is 7.32. The van der Waals surface area contributed by atoms with Gasteiger partial charge in [0.15, 0.2) is 0 Å². The molecule has 0 bridgehead atoms.